The molecule has 100 valence electrons. The van der Waals surface area contributed by atoms with E-state index in [0.717, 1.165) is 5.56 Å². The molecule has 0 radical (unpaired) electrons. The van der Waals surface area contributed by atoms with Crippen LogP contribution in [0, 0.1) is 5.82 Å². The zero-order valence-corrected chi connectivity index (χ0v) is 10.5. The Morgan fingerprint density at radius 3 is 2.94 bits per heavy atom. The molecular weight excluding hydrogens is 235 g/mol. The maximum absolute atomic E-state index is 14.0. The fourth-order valence-electron chi connectivity index (χ4n) is 2.17. The van der Waals surface area contributed by atoms with Crippen molar-refractivity contribution in [3.05, 3.63) is 29.6 Å². The number of nitrogens with zero attached hydrogens (tertiary/aromatic N) is 1. The molecule has 1 aliphatic rings. The van der Waals surface area contributed by atoms with Crippen LogP contribution < -0.4 is 10.6 Å². The van der Waals surface area contributed by atoms with Gasteiger partial charge in [0.2, 0.25) is 0 Å². The van der Waals surface area contributed by atoms with Gasteiger partial charge in [0.15, 0.2) is 0 Å². The molecule has 0 aromatic heterocycles. The largest absolute Gasteiger partial charge is 0.394 e. The highest BCUT2D eigenvalue weighted by molar-refractivity contribution is 5.50. The molecule has 0 bridgehead atoms. The Kier molecular flexibility index (Phi) is 4.16. The van der Waals surface area contributed by atoms with Crippen molar-refractivity contribution >= 4 is 5.69 Å². The lowest BCUT2D eigenvalue weighted by Gasteiger charge is -2.39. The zero-order valence-electron chi connectivity index (χ0n) is 10.5. The van der Waals surface area contributed by atoms with Crippen molar-refractivity contribution in [2.75, 3.05) is 24.7 Å². The number of aliphatic hydroxyl groups is 1. The fraction of sp³-hybridized carbons (Fsp3) is 0.538. The first-order valence-corrected chi connectivity index (χ1v) is 6.13. The van der Waals surface area contributed by atoms with Crippen molar-refractivity contribution in [1.82, 2.24) is 0 Å². The summed E-state index contributed by atoms with van der Waals surface area (Å²) in [6.45, 7) is 3.24. The molecule has 1 aromatic rings. The number of hydrogen-bond donors (Lipinski definition) is 2. The lowest BCUT2D eigenvalue weighted by atomic mass is 10.1. The number of rotatable bonds is 3. The minimum Gasteiger partial charge on any atom is -0.394 e. The molecule has 2 rings (SSSR count). The van der Waals surface area contributed by atoms with E-state index in [1.54, 1.807) is 6.07 Å². The highest BCUT2D eigenvalue weighted by atomic mass is 19.1. The Morgan fingerprint density at radius 2 is 2.33 bits per heavy atom. The molecule has 0 spiro atoms. The monoisotopic (exact) mass is 254 g/mol. The number of hydrogen-bond acceptors (Lipinski definition) is 4. The van der Waals surface area contributed by atoms with E-state index >= 15 is 0 Å². The van der Waals surface area contributed by atoms with Gasteiger partial charge in [-0.25, -0.2) is 4.39 Å². The van der Waals surface area contributed by atoms with Crippen LogP contribution in [0.2, 0.25) is 0 Å². The van der Waals surface area contributed by atoms with E-state index in [2.05, 4.69) is 0 Å². The van der Waals surface area contributed by atoms with Gasteiger partial charge in [-0.1, -0.05) is 6.07 Å². The molecule has 1 heterocycles. The van der Waals surface area contributed by atoms with Crippen LogP contribution in [0.25, 0.3) is 0 Å². The van der Waals surface area contributed by atoms with Gasteiger partial charge in [-0.05, 0) is 24.6 Å². The second-order valence-electron chi connectivity index (χ2n) is 4.63. The average molecular weight is 254 g/mol. The van der Waals surface area contributed by atoms with Crippen molar-refractivity contribution in [3.63, 3.8) is 0 Å². The van der Waals surface area contributed by atoms with Crippen LogP contribution in [0.1, 0.15) is 12.5 Å². The maximum atomic E-state index is 14.0. The Morgan fingerprint density at radius 1 is 1.56 bits per heavy atom. The topological polar surface area (TPSA) is 58.7 Å². The highest BCUT2D eigenvalue weighted by Crippen LogP contribution is 2.25. The van der Waals surface area contributed by atoms with Gasteiger partial charge in [0.25, 0.3) is 0 Å². The molecule has 0 amide bonds. The van der Waals surface area contributed by atoms with Crippen LogP contribution in [0.5, 0.6) is 0 Å². The molecule has 1 fully saturated rings. The van der Waals surface area contributed by atoms with Crippen LogP contribution in [0.3, 0.4) is 0 Å². The summed E-state index contributed by atoms with van der Waals surface area (Å²) >= 11 is 0. The van der Waals surface area contributed by atoms with Gasteiger partial charge in [-0.2, -0.15) is 0 Å². The summed E-state index contributed by atoms with van der Waals surface area (Å²) in [5.41, 5.74) is 6.80. The smallest absolute Gasteiger partial charge is 0.146 e. The van der Waals surface area contributed by atoms with Crippen LogP contribution in [-0.2, 0) is 11.3 Å². The number of aliphatic hydroxyl groups excluding tert-OH is 1. The number of morpholine rings is 1. The summed E-state index contributed by atoms with van der Waals surface area (Å²) in [4.78, 5) is 1.93. The normalized spacial score (nSPS) is 24.3. The van der Waals surface area contributed by atoms with Crippen molar-refractivity contribution in [2.24, 2.45) is 5.73 Å². The molecule has 2 atom stereocenters. The first kappa shape index (κ1) is 13.3. The molecular formula is C13H19FN2O2. The quantitative estimate of drug-likeness (QED) is 0.840. The second-order valence-corrected chi connectivity index (χ2v) is 4.63. The number of ether oxygens (including phenoxy) is 1. The Hall–Kier alpha value is -1.17. The molecule has 0 saturated carbocycles. The van der Waals surface area contributed by atoms with Gasteiger partial charge in [0.1, 0.15) is 5.82 Å². The van der Waals surface area contributed by atoms with Crippen molar-refractivity contribution in [3.8, 4) is 0 Å². The molecule has 1 saturated heterocycles. The first-order chi connectivity index (χ1) is 8.65. The number of anilines is 1. The van der Waals surface area contributed by atoms with Crippen molar-refractivity contribution in [1.29, 1.82) is 0 Å². The van der Waals surface area contributed by atoms with Gasteiger partial charge in [-0.3, -0.25) is 0 Å². The van der Waals surface area contributed by atoms with Gasteiger partial charge in [0.05, 0.1) is 25.0 Å². The van der Waals surface area contributed by atoms with Crippen LogP contribution in [0.4, 0.5) is 10.1 Å². The SMILES string of the molecule is CC1COC(CO)CN1c1ccc(CN)cc1F. The van der Waals surface area contributed by atoms with E-state index in [1.165, 1.54) is 6.07 Å². The van der Waals surface area contributed by atoms with Crippen LogP contribution in [0.15, 0.2) is 18.2 Å². The summed E-state index contributed by atoms with van der Waals surface area (Å²) in [5, 5.41) is 9.13. The molecule has 5 heteroatoms. The first-order valence-electron chi connectivity index (χ1n) is 6.13. The van der Waals surface area contributed by atoms with Crippen molar-refractivity contribution < 1.29 is 14.2 Å². The van der Waals surface area contributed by atoms with E-state index in [0.29, 0.717) is 25.4 Å². The fourth-order valence-corrected chi connectivity index (χ4v) is 2.17. The van der Waals surface area contributed by atoms with Gasteiger partial charge < -0.3 is 20.5 Å². The van der Waals surface area contributed by atoms with Gasteiger partial charge in [-0.15, -0.1) is 0 Å². The van der Waals surface area contributed by atoms with E-state index in [-0.39, 0.29) is 24.6 Å². The van der Waals surface area contributed by atoms with E-state index < -0.39 is 0 Å². The third kappa shape index (κ3) is 2.63. The number of benzene rings is 1. The minimum atomic E-state index is -0.275. The molecule has 4 nitrogen and oxygen atoms in total. The van der Waals surface area contributed by atoms with Gasteiger partial charge in [0, 0.05) is 19.1 Å². The summed E-state index contributed by atoms with van der Waals surface area (Å²) < 4.78 is 19.5. The van der Waals surface area contributed by atoms with E-state index in [9.17, 15) is 4.39 Å². The zero-order chi connectivity index (χ0) is 13.1. The lowest BCUT2D eigenvalue weighted by Crippen LogP contribution is -2.50. The van der Waals surface area contributed by atoms with Crippen molar-refractivity contribution in [2.45, 2.75) is 25.6 Å². The number of halogens is 1. The minimum absolute atomic E-state index is 0.0499. The summed E-state index contributed by atoms with van der Waals surface area (Å²) in [6, 6.07) is 5.12. The Balaban J connectivity index is 2.23. The standard InChI is InChI=1S/C13H19FN2O2/c1-9-8-18-11(7-17)6-16(9)13-3-2-10(5-15)4-12(13)14/h2-4,9,11,17H,5-8,15H2,1H3. The number of nitrogens with two attached hydrogens (primary N) is 1. The predicted octanol–water partition coefficient (Wildman–Crippen LogP) is 0.870. The summed E-state index contributed by atoms with van der Waals surface area (Å²) in [5.74, 6) is -0.275. The predicted molar refractivity (Wildman–Crippen MR) is 67.9 cm³/mol. The molecule has 3 N–H and O–H groups in total. The third-order valence-corrected chi connectivity index (χ3v) is 3.27. The van der Waals surface area contributed by atoms with Gasteiger partial charge >= 0.3 is 0 Å². The summed E-state index contributed by atoms with van der Waals surface area (Å²) in [7, 11) is 0. The van der Waals surface area contributed by atoms with E-state index in [1.807, 2.05) is 17.9 Å². The van der Waals surface area contributed by atoms with E-state index in [4.69, 9.17) is 15.6 Å². The molecule has 2 unspecified atom stereocenters. The maximum Gasteiger partial charge on any atom is 0.146 e. The molecule has 1 aliphatic heterocycles. The lowest BCUT2D eigenvalue weighted by molar-refractivity contribution is -0.0105. The van der Waals surface area contributed by atoms with Crippen LogP contribution >= 0.6 is 0 Å². The molecule has 1 aromatic carbocycles. The second kappa shape index (κ2) is 5.65. The highest BCUT2D eigenvalue weighted by Gasteiger charge is 2.27. The molecule has 18 heavy (non-hydrogen) atoms. The average Bonchev–Trinajstić information content (AvgIpc) is 2.39. The summed E-state index contributed by atoms with van der Waals surface area (Å²) in [6.07, 6.45) is -0.255. The Bertz CT molecular complexity index is 414. The molecule has 0 aliphatic carbocycles. The third-order valence-electron chi connectivity index (χ3n) is 3.27. The Labute approximate surface area is 106 Å². The van der Waals surface area contributed by atoms with Crippen LogP contribution in [-0.4, -0.2) is 37.0 Å².